The number of imidazole rings is 1. The number of aromatic nitrogens is 6. The van der Waals surface area contributed by atoms with Crippen LogP contribution in [0.2, 0.25) is 0 Å². The van der Waals surface area contributed by atoms with E-state index in [1.807, 2.05) is 0 Å². The molecule has 14 amide bonds. The molecule has 0 unspecified atom stereocenters. The Balaban J connectivity index is 1.76. The Morgan fingerprint density at radius 2 is 0.888 bits per heavy atom. The third-order valence-corrected chi connectivity index (χ3v) is 17.2. The molecule has 2 heterocycles. The maximum absolute atomic E-state index is 14.0. The van der Waals surface area contributed by atoms with Crippen molar-refractivity contribution in [3.63, 3.8) is 0 Å². The highest BCUT2D eigenvalue weighted by molar-refractivity contribution is 5.98. The van der Waals surface area contributed by atoms with Crippen LogP contribution in [0, 0.1) is 0 Å². The van der Waals surface area contributed by atoms with Crippen molar-refractivity contribution >= 4 is 94.6 Å². The molecule has 0 aliphatic rings. The summed E-state index contributed by atoms with van der Waals surface area (Å²) >= 11 is 0. The average Bonchev–Trinajstić information content (AvgIpc) is 1.01. The number of carbonyl (C=O) groups is 16. The minimum atomic E-state index is -1.99. The lowest BCUT2D eigenvalue weighted by Gasteiger charge is -2.26. The predicted molar refractivity (Wildman–Crippen MR) is 406 cm³/mol. The number of carboxylic acids is 2. The van der Waals surface area contributed by atoms with Crippen molar-refractivity contribution < 1.29 is 121 Å². The fourth-order valence-corrected chi connectivity index (χ4v) is 11.0. The van der Waals surface area contributed by atoms with E-state index < -0.39 is 209 Å². The van der Waals surface area contributed by atoms with E-state index in [0.717, 1.165) is 37.9 Å². The number of aryl methyl sites for hydroxylation is 1. The molecule has 46 nitrogen and oxygen atoms in total. The molecule has 116 heavy (non-hydrogen) atoms. The quantitative estimate of drug-likeness (QED) is 0.0274. The average molecular weight is 1650 g/mol. The van der Waals surface area contributed by atoms with Gasteiger partial charge in [-0.1, -0.05) is 75.8 Å². The number of hydrogen-bond acceptors (Lipinski definition) is 28. The molecular weight excluding hydrogens is 1530 g/mol. The lowest BCUT2D eigenvalue weighted by molar-refractivity contribution is -0.142. The van der Waals surface area contributed by atoms with Gasteiger partial charge >= 0.3 is 11.9 Å². The summed E-state index contributed by atoms with van der Waals surface area (Å²) in [4.78, 5) is 211. The van der Waals surface area contributed by atoms with Gasteiger partial charge in [0.05, 0.1) is 85.4 Å². The number of H-pyrrole nitrogens is 2. The number of hydrogen-bond donors (Lipinski definition) is 21. The first-order valence-corrected chi connectivity index (χ1v) is 38.6. The summed E-state index contributed by atoms with van der Waals surface area (Å²) in [6.07, 6.45) is 16.9. The molecule has 2 rings (SSSR count). The van der Waals surface area contributed by atoms with Crippen molar-refractivity contribution in [1.82, 2.24) is 99.3 Å². The van der Waals surface area contributed by atoms with E-state index in [4.69, 9.17) is 40.6 Å². The van der Waals surface area contributed by atoms with Gasteiger partial charge in [0, 0.05) is 77.1 Å². The normalized spacial score (nSPS) is 12.9. The third kappa shape index (κ3) is 50.0. The summed E-state index contributed by atoms with van der Waals surface area (Å²) in [5.41, 5.74) is 10.9. The second-order valence-corrected chi connectivity index (χ2v) is 26.8. The number of aliphatic hydroxyl groups is 3. The number of amides is 14. The molecule has 0 aromatic carbocycles. The number of nitrogens with two attached hydrogens (primary N) is 2. The number of ether oxygens (including phenoxy) is 4. The van der Waals surface area contributed by atoms with Gasteiger partial charge < -0.3 is 125 Å². The fourth-order valence-electron chi connectivity index (χ4n) is 11.0. The fraction of sp³-hybridized carbons (Fsp3) is 0.714. The number of nitrogens with one attached hydrogen (secondary N) is 14. The number of primary amides is 2. The Morgan fingerprint density at radius 3 is 1.36 bits per heavy atom. The van der Waals surface area contributed by atoms with Gasteiger partial charge in [0.15, 0.2) is 5.82 Å². The zero-order chi connectivity index (χ0) is 85.7. The van der Waals surface area contributed by atoms with Crippen LogP contribution in [0.15, 0.2) is 12.5 Å². The molecule has 654 valence electrons. The van der Waals surface area contributed by atoms with E-state index in [1.165, 1.54) is 82.3 Å². The number of aliphatic hydroxyl groups excluding tert-OH is 3. The number of tetrazole rings is 1. The van der Waals surface area contributed by atoms with Crippen molar-refractivity contribution in [2.45, 2.75) is 196 Å². The van der Waals surface area contributed by atoms with Crippen LogP contribution in [-0.4, -0.2) is 323 Å². The van der Waals surface area contributed by atoms with Crippen molar-refractivity contribution in [1.29, 1.82) is 0 Å². The van der Waals surface area contributed by atoms with Crippen LogP contribution >= 0.6 is 0 Å². The summed E-state index contributed by atoms with van der Waals surface area (Å²) in [7, 11) is 1.32. The highest BCUT2D eigenvalue weighted by Crippen LogP contribution is 2.15. The first kappa shape index (κ1) is 102. The van der Waals surface area contributed by atoms with E-state index in [-0.39, 0.29) is 90.9 Å². The van der Waals surface area contributed by atoms with Crippen LogP contribution < -0.4 is 75.3 Å². The predicted octanol–water partition coefficient (Wildman–Crippen LogP) is -7.62. The van der Waals surface area contributed by atoms with Crippen molar-refractivity contribution in [2.24, 2.45) is 11.5 Å². The largest absolute Gasteiger partial charge is 0.480 e. The van der Waals surface area contributed by atoms with Crippen LogP contribution in [0.1, 0.15) is 153 Å². The molecule has 0 radical (unpaired) electrons. The third-order valence-electron chi connectivity index (χ3n) is 17.2. The topological polar surface area (TPSA) is 694 Å². The second-order valence-electron chi connectivity index (χ2n) is 26.8. The van der Waals surface area contributed by atoms with E-state index >= 15 is 0 Å². The van der Waals surface area contributed by atoms with E-state index in [0.29, 0.717) is 25.3 Å². The number of carbonyl (C=O) groups excluding carboxylic acids is 14. The van der Waals surface area contributed by atoms with Gasteiger partial charge in [-0.15, -0.1) is 10.2 Å². The molecule has 2 aromatic rings. The lowest BCUT2D eigenvalue weighted by Crippen LogP contribution is -2.61. The SMILES string of the molecule is CNC(=O)[C@H](CCCCN(CC(=O)O)CC(=O)O)NC(=O)CCNC(=O)[C@H](Cc1cnc[nH]1)NC(=O)[C@H](CCC(N)=O)NC(=O)[C@H](CO)NC(=O)[C@H](CO)NC(=O)[C@H](CCC(N)=O)NC(=O)[C@@H](CO)NC(=O)CNC(=O)COCCOCCNC(=O)COCCOCCNC(=O)CCCCCCCCCCCCCCCc1nn[nH]n1. The molecule has 23 N–H and O–H groups in total. The second kappa shape index (κ2) is 62.8. The molecule has 7 atom stereocenters. The molecule has 46 heteroatoms. The summed E-state index contributed by atoms with van der Waals surface area (Å²) in [6, 6.07) is -11.9. The van der Waals surface area contributed by atoms with Gasteiger partial charge in [-0.2, -0.15) is 5.21 Å². The number of nitrogens with zero attached hydrogens (tertiary/aromatic N) is 5. The summed E-state index contributed by atoms with van der Waals surface area (Å²) in [5.74, 6) is -14.3. The molecule has 0 bridgehead atoms. The first-order chi connectivity index (χ1) is 55.7. The molecule has 0 spiro atoms. The van der Waals surface area contributed by atoms with Crippen molar-refractivity contribution in [3.8, 4) is 0 Å². The summed E-state index contributed by atoms with van der Waals surface area (Å²) in [5, 5.41) is 91.1. The number of unbranched alkanes of at least 4 members (excludes halogenated alkanes) is 13. The molecular formula is C70H119N21O25. The zero-order valence-corrected chi connectivity index (χ0v) is 65.7. The Bertz CT molecular complexity index is 3270. The Labute approximate surface area is 670 Å². The molecule has 2 aromatic heterocycles. The lowest BCUT2D eigenvalue weighted by atomic mass is 10.0. The van der Waals surface area contributed by atoms with Gasteiger partial charge in [-0.3, -0.25) is 81.6 Å². The van der Waals surface area contributed by atoms with Crippen molar-refractivity contribution in [3.05, 3.63) is 24.0 Å². The standard InChI is InChI=1S/C70H119N21O25/c1-73-64(106)47(17-15-16-28-91(38-62(102)103)39-63(104)105)80-58(98)24-25-77-65(107)50(35-46-36-74-45-79-46)84-66(108)48(20-22-54(71)95)83-69(111)52(41-93)86-70(112)53(42-94)85-67(109)49(21-23-55(72)96)82-68(110)51(40-92)81-59(99)37-78-61(101)44-116-34-32-114-30-27-76-60(100)43-115-33-31-113-29-26-75-57(97)19-14-12-10-8-6-4-2-3-5-7-9-11-13-18-56-87-89-90-88-56/h36,45,47-53,92-94H,2-35,37-44H2,1H3,(H2,71,95)(H2,72,96)(H,73,106)(H,74,79)(H,75,97)(H,76,100)(H,77,107)(H,78,101)(H,80,98)(H,81,99)(H,82,110)(H,83,111)(H,84,108)(H,85,109)(H,86,112)(H,102,103)(H,104,105)(H,87,88,89,90)/t47-,48-,49-,50-,51+,52-,53-/m0/s1. The maximum Gasteiger partial charge on any atom is 0.317 e. The highest BCUT2D eigenvalue weighted by Gasteiger charge is 2.34. The molecule has 0 fully saturated rings. The van der Waals surface area contributed by atoms with Crippen molar-refractivity contribution in [2.75, 3.05) is 126 Å². The number of carboxylic acid groups (broad SMARTS) is 2. The van der Waals surface area contributed by atoms with Gasteiger partial charge in [-0.25, -0.2) is 4.98 Å². The van der Waals surface area contributed by atoms with E-state index in [9.17, 15) is 92.0 Å². The van der Waals surface area contributed by atoms with Gasteiger partial charge in [-0.05, 0) is 51.5 Å². The number of aromatic amines is 2. The minimum Gasteiger partial charge on any atom is -0.480 e. The Kier molecular flexibility index (Phi) is 55.0. The maximum atomic E-state index is 14.0. The Hall–Kier alpha value is -10.5. The Morgan fingerprint density at radius 1 is 0.440 bits per heavy atom. The van der Waals surface area contributed by atoms with Crippen LogP contribution in [0.25, 0.3) is 0 Å². The monoisotopic (exact) mass is 1650 g/mol. The summed E-state index contributed by atoms with van der Waals surface area (Å²) < 4.78 is 21.4. The summed E-state index contributed by atoms with van der Waals surface area (Å²) in [6.45, 7) is -5.16. The van der Waals surface area contributed by atoms with Gasteiger partial charge in [0.2, 0.25) is 82.7 Å². The highest BCUT2D eigenvalue weighted by atomic mass is 16.5. The van der Waals surface area contributed by atoms with Crippen LogP contribution in [0.5, 0.6) is 0 Å². The number of rotatable bonds is 71. The molecule has 0 aliphatic heterocycles. The van der Waals surface area contributed by atoms with Gasteiger partial charge in [0.25, 0.3) is 0 Å². The van der Waals surface area contributed by atoms with E-state index in [2.05, 4.69) is 94.4 Å². The minimum absolute atomic E-state index is 0.0155. The number of likely N-dealkylation sites (N-methyl/N-ethyl adjacent to an activating group) is 1. The number of aliphatic carboxylic acids is 2. The van der Waals surface area contributed by atoms with Crippen LogP contribution in [0.3, 0.4) is 0 Å². The smallest absolute Gasteiger partial charge is 0.317 e. The zero-order valence-electron chi connectivity index (χ0n) is 65.7. The molecule has 0 saturated heterocycles. The van der Waals surface area contributed by atoms with Crippen LogP contribution in [-0.2, 0) is 109 Å². The van der Waals surface area contributed by atoms with E-state index in [1.54, 1.807) is 0 Å². The molecule has 0 aliphatic carbocycles. The molecule has 0 saturated carbocycles. The van der Waals surface area contributed by atoms with Gasteiger partial charge in [0.1, 0.15) is 55.5 Å². The first-order valence-electron chi connectivity index (χ1n) is 38.6. The van der Waals surface area contributed by atoms with Crippen LogP contribution in [0.4, 0.5) is 0 Å².